The van der Waals surface area contributed by atoms with Gasteiger partial charge in [-0.3, -0.25) is 9.59 Å². The molecule has 0 aliphatic carbocycles. The van der Waals surface area contributed by atoms with Crippen molar-refractivity contribution in [3.05, 3.63) is 11.8 Å². The molecule has 0 fully saturated rings. The molecule has 0 saturated carbocycles. The van der Waals surface area contributed by atoms with Crippen LogP contribution in [0.4, 0.5) is 0 Å². The molecule has 0 saturated heterocycles. The Labute approximate surface area is 118 Å². The summed E-state index contributed by atoms with van der Waals surface area (Å²) >= 11 is 0. The highest BCUT2D eigenvalue weighted by atomic mass is 16.5. The Morgan fingerprint density at radius 2 is 1.80 bits per heavy atom. The quantitative estimate of drug-likeness (QED) is 0.551. The topological polar surface area (TPSA) is 72.9 Å². The van der Waals surface area contributed by atoms with Crippen molar-refractivity contribution in [1.82, 2.24) is 4.90 Å². The standard InChI is InChI=1S/C14H21NO5/c1-6-19-12(17)10-9(3)8-15(5)14(10,4)11(16)13(18)20-7-2/h8,10H,6-7H2,1-5H3. The number of nitrogens with zero attached hydrogens (tertiary/aromatic N) is 1. The molecule has 112 valence electrons. The molecule has 0 radical (unpaired) electrons. The van der Waals surface area contributed by atoms with E-state index in [1.165, 1.54) is 0 Å². The lowest BCUT2D eigenvalue weighted by Crippen LogP contribution is -2.56. The van der Waals surface area contributed by atoms with Gasteiger partial charge >= 0.3 is 11.9 Å². The number of hydrogen-bond donors (Lipinski definition) is 0. The van der Waals surface area contributed by atoms with Crippen molar-refractivity contribution in [2.45, 2.75) is 33.2 Å². The fraction of sp³-hybridized carbons (Fsp3) is 0.643. The van der Waals surface area contributed by atoms with E-state index in [2.05, 4.69) is 0 Å². The van der Waals surface area contributed by atoms with Crippen molar-refractivity contribution < 1.29 is 23.9 Å². The summed E-state index contributed by atoms with van der Waals surface area (Å²) < 4.78 is 9.78. The Balaban J connectivity index is 3.13. The zero-order valence-electron chi connectivity index (χ0n) is 12.6. The lowest BCUT2D eigenvalue weighted by atomic mass is 9.80. The zero-order chi connectivity index (χ0) is 15.5. The Morgan fingerprint density at radius 1 is 1.25 bits per heavy atom. The second-order valence-corrected chi connectivity index (χ2v) is 4.87. The van der Waals surface area contributed by atoms with Crippen LogP contribution >= 0.6 is 0 Å². The lowest BCUT2D eigenvalue weighted by Gasteiger charge is -2.35. The minimum absolute atomic E-state index is 0.112. The van der Waals surface area contributed by atoms with E-state index >= 15 is 0 Å². The Kier molecular flexibility index (Phi) is 4.92. The smallest absolute Gasteiger partial charge is 0.377 e. The van der Waals surface area contributed by atoms with Crippen LogP contribution in [-0.2, 0) is 23.9 Å². The molecular weight excluding hydrogens is 262 g/mol. The molecule has 6 heteroatoms. The van der Waals surface area contributed by atoms with Gasteiger partial charge < -0.3 is 14.4 Å². The van der Waals surface area contributed by atoms with E-state index in [0.29, 0.717) is 5.57 Å². The van der Waals surface area contributed by atoms with Gasteiger partial charge in [0.05, 0.1) is 13.2 Å². The lowest BCUT2D eigenvalue weighted by molar-refractivity contribution is -0.162. The molecule has 20 heavy (non-hydrogen) atoms. The van der Waals surface area contributed by atoms with Crippen molar-refractivity contribution in [2.24, 2.45) is 5.92 Å². The first-order chi connectivity index (χ1) is 9.30. The van der Waals surface area contributed by atoms with Gasteiger partial charge in [0.25, 0.3) is 5.78 Å². The fourth-order valence-corrected chi connectivity index (χ4v) is 2.50. The summed E-state index contributed by atoms with van der Waals surface area (Å²) in [6.07, 6.45) is 1.68. The largest absolute Gasteiger partial charge is 0.465 e. The van der Waals surface area contributed by atoms with E-state index in [-0.39, 0.29) is 13.2 Å². The van der Waals surface area contributed by atoms with Crippen LogP contribution in [0.1, 0.15) is 27.7 Å². The van der Waals surface area contributed by atoms with Crippen LogP contribution in [0.25, 0.3) is 0 Å². The molecule has 0 N–H and O–H groups in total. The average molecular weight is 283 g/mol. The number of Topliss-reactive ketones (excluding diaryl/α,β-unsaturated/α-hetero) is 1. The van der Waals surface area contributed by atoms with E-state index in [1.54, 1.807) is 45.8 Å². The summed E-state index contributed by atoms with van der Waals surface area (Å²) in [5.74, 6) is -2.98. The van der Waals surface area contributed by atoms with E-state index in [9.17, 15) is 14.4 Å². The fourth-order valence-electron chi connectivity index (χ4n) is 2.50. The highest BCUT2D eigenvalue weighted by Crippen LogP contribution is 2.38. The molecule has 0 amide bonds. The van der Waals surface area contributed by atoms with Crippen molar-refractivity contribution in [3.8, 4) is 0 Å². The molecule has 1 heterocycles. The summed E-state index contributed by atoms with van der Waals surface area (Å²) in [4.78, 5) is 37.8. The van der Waals surface area contributed by atoms with Crippen molar-refractivity contribution in [3.63, 3.8) is 0 Å². The van der Waals surface area contributed by atoms with Crippen LogP contribution in [0.15, 0.2) is 11.8 Å². The molecule has 1 rings (SSSR count). The number of ketones is 1. The number of ether oxygens (including phenoxy) is 2. The molecule has 1 aliphatic heterocycles. The summed E-state index contributed by atoms with van der Waals surface area (Å²) in [6, 6.07) is 0. The van der Waals surface area contributed by atoms with Gasteiger partial charge in [0, 0.05) is 7.05 Å². The minimum atomic E-state index is -1.30. The number of carbonyl (C=O) groups is 3. The van der Waals surface area contributed by atoms with Gasteiger partial charge in [0.2, 0.25) is 0 Å². The van der Waals surface area contributed by atoms with Gasteiger partial charge in [-0.05, 0) is 39.5 Å². The van der Waals surface area contributed by atoms with Crippen LogP contribution in [0.5, 0.6) is 0 Å². The first kappa shape index (κ1) is 16.2. The van der Waals surface area contributed by atoms with Gasteiger partial charge in [-0.15, -0.1) is 0 Å². The first-order valence-electron chi connectivity index (χ1n) is 6.60. The third-order valence-corrected chi connectivity index (χ3v) is 3.59. The molecule has 2 atom stereocenters. The van der Waals surface area contributed by atoms with E-state index < -0.39 is 29.2 Å². The molecule has 6 nitrogen and oxygen atoms in total. The summed E-state index contributed by atoms with van der Waals surface area (Å²) in [5.41, 5.74) is -0.617. The SMILES string of the molecule is CCOC(=O)C(=O)C1(C)C(C(=O)OCC)C(C)=CN1C. The Bertz CT molecular complexity index is 456. The molecule has 0 bridgehead atoms. The first-order valence-corrected chi connectivity index (χ1v) is 6.60. The molecule has 0 aromatic carbocycles. The zero-order valence-corrected chi connectivity index (χ0v) is 12.6. The van der Waals surface area contributed by atoms with E-state index in [4.69, 9.17) is 9.47 Å². The number of hydrogen-bond acceptors (Lipinski definition) is 6. The second-order valence-electron chi connectivity index (χ2n) is 4.87. The van der Waals surface area contributed by atoms with E-state index in [0.717, 1.165) is 0 Å². The molecule has 0 spiro atoms. The highest BCUT2D eigenvalue weighted by Gasteiger charge is 2.55. The van der Waals surface area contributed by atoms with Crippen molar-refractivity contribution in [2.75, 3.05) is 20.3 Å². The Hall–Kier alpha value is -1.85. The maximum absolute atomic E-state index is 12.4. The predicted molar refractivity (Wildman–Crippen MR) is 71.7 cm³/mol. The minimum Gasteiger partial charge on any atom is -0.465 e. The average Bonchev–Trinajstić information content (AvgIpc) is 2.60. The summed E-state index contributed by atoms with van der Waals surface area (Å²) in [6.45, 7) is 6.94. The van der Waals surface area contributed by atoms with Gasteiger partial charge in [-0.25, -0.2) is 4.79 Å². The van der Waals surface area contributed by atoms with Crippen LogP contribution in [0, 0.1) is 5.92 Å². The van der Waals surface area contributed by atoms with Gasteiger partial charge in [-0.1, -0.05) is 0 Å². The molecule has 0 aromatic heterocycles. The third-order valence-electron chi connectivity index (χ3n) is 3.59. The molecule has 2 unspecified atom stereocenters. The maximum Gasteiger partial charge on any atom is 0.377 e. The van der Waals surface area contributed by atoms with Crippen LogP contribution < -0.4 is 0 Å². The normalized spacial score (nSPS) is 25.1. The van der Waals surface area contributed by atoms with Gasteiger partial charge in [0.1, 0.15) is 11.5 Å². The number of esters is 2. The second kappa shape index (κ2) is 6.07. The summed E-state index contributed by atoms with van der Waals surface area (Å²) in [5, 5.41) is 0. The third kappa shape index (κ3) is 2.55. The van der Waals surface area contributed by atoms with Crippen molar-refractivity contribution >= 4 is 17.7 Å². The monoisotopic (exact) mass is 283 g/mol. The maximum atomic E-state index is 12.4. The van der Waals surface area contributed by atoms with Crippen LogP contribution in [0.2, 0.25) is 0 Å². The predicted octanol–water partition coefficient (Wildman–Crippen LogP) is 0.906. The number of likely N-dealkylation sites (N-methyl/N-ethyl adjacent to an activating group) is 1. The van der Waals surface area contributed by atoms with Crippen LogP contribution in [0.3, 0.4) is 0 Å². The molecule has 0 aromatic rings. The highest BCUT2D eigenvalue weighted by molar-refractivity contribution is 6.38. The molecular formula is C14H21NO5. The molecule has 1 aliphatic rings. The summed E-state index contributed by atoms with van der Waals surface area (Å²) in [7, 11) is 1.65. The number of rotatable bonds is 5. The Morgan fingerprint density at radius 3 is 2.30 bits per heavy atom. The number of carbonyl (C=O) groups excluding carboxylic acids is 3. The van der Waals surface area contributed by atoms with Gasteiger partial charge in [0.15, 0.2) is 0 Å². The van der Waals surface area contributed by atoms with E-state index in [1.807, 2.05) is 0 Å². The van der Waals surface area contributed by atoms with Crippen molar-refractivity contribution in [1.29, 1.82) is 0 Å². The van der Waals surface area contributed by atoms with Crippen LogP contribution in [-0.4, -0.2) is 48.4 Å². The van der Waals surface area contributed by atoms with Gasteiger partial charge in [-0.2, -0.15) is 0 Å².